The minimum atomic E-state index is -1.06. The van der Waals surface area contributed by atoms with Crippen molar-refractivity contribution in [1.82, 2.24) is 0 Å². The maximum absolute atomic E-state index is 12.3. The fourth-order valence-electron chi connectivity index (χ4n) is 2.18. The van der Waals surface area contributed by atoms with Gasteiger partial charge in [0.1, 0.15) is 0 Å². The first-order chi connectivity index (χ1) is 10.9. The molecule has 0 saturated heterocycles. The molecule has 0 fully saturated rings. The van der Waals surface area contributed by atoms with Gasteiger partial charge >= 0.3 is 5.97 Å². The molecule has 120 valence electrons. The van der Waals surface area contributed by atoms with Crippen molar-refractivity contribution in [3.8, 4) is 0 Å². The van der Waals surface area contributed by atoms with Gasteiger partial charge in [-0.25, -0.2) is 4.79 Å². The van der Waals surface area contributed by atoms with E-state index in [2.05, 4.69) is 5.32 Å². The molecule has 2 rings (SSSR count). The minimum absolute atomic E-state index is 0.0795. The monoisotopic (exact) mass is 331 g/mol. The second-order valence-electron chi connectivity index (χ2n) is 5.58. The van der Waals surface area contributed by atoms with Crippen molar-refractivity contribution < 1.29 is 14.7 Å². The molecule has 1 amide bonds. The molecule has 2 N–H and O–H groups in total. The largest absolute Gasteiger partial charge is 0.478 e. The van der Waals surface area contributed by atoms with E-state index in [1.165, 1.54) is 23.8 Å². The number of anilines is 1. The summed E-state index contributed by atoms with van der Waals surface area (Å²) in [7, 11) is 0. The summed E-state index contributed by atoms with van der Waals surface area (Å²) in [5.74, 6) is -1.53. The third-order valence-corrected chi connectivity index (χ3v) is 3.91. The second kappa shape index (κ2) is 7.29. The quantitative estimate of drug-likeness (QED) is 0.864. The van der Waals surface area contributed by atoms with Crippen molar-refractivity contribution in [2.75, 3.05) is 5.32 Å². The first-order valence-corrected chi connectivity index (χ1v) is 7.64. The summed E-state index contributed by atoms with van der Waals surface area (Å²) in [6, 6.07) is 12.2. The van der Waals surface area contributed by atoms with Crippen molar-refractivity contribution >= 4 is 29.2 Å². The van der Waals surface area contributed by atoms with Gasteiger partial charge in [0.2, 0.25) is 5.91 Å². The number of carbonyl (C=O) groups excluding carboxylic acids is 1. The summed E-state index contributed by atoms with van der Waals surface area (Å²) in [5, 5.41) is 12.0. The summed E-state index contributed by atoms with van der Waals surface area (Å²) in [6.45, 7) is 3.83. The first-order valence-electron chi connectivity index (χ1n) is 7.26. The smallest absolute Gasteiger partial charge is 0.335 e. The van der Waals surface area contributed by atoms with Crippen LogP contribution in [-0.2, 0) is 11.2 Å². The Morgan fingerprint density at radius 2 is 1.83 bits per heavy atom. The van der Waals surface area contributed by atoms with Gasteiger partial charge in [-0.1, -0.05) is 48.4 Å². The molecular weight excluding hydrogens is 314 g/mol. The third kappa shape index (κ3) is 4.57. The van der Waals surface area contributed by atoms with Crippen molar-refractivity contribution in [2.24, 2.45) is 5.92 Å². The zero-order valence-corrected chi connectivity index (χ0v) is 13.7. The number of carboxylic acids is 1. The van der Waals surface area contributed by atoms with E-state index in [4.69, 9.17) is 16.7 Å². The number of halogens is 1. The molecule has 4 nitrogen and oxygen atoms in total. The van der Waals surface area contributed by atoms with Crippen LogP contribution in [0.5, 0.6) is 0 Å². The van der Waals surface area contributed by atoms with Crippen molar-refractivity contribution in [3.05, 3.63) is 64.2 Å². The number of carbonyl (C=O) groups is 2. The topological polar surface area (TPSA) is 66.4 Å². The molecule has 1 unspecified atom stereocenters. The average molecular weight is 332 g/mol. The molecule has 0 spiro atoms. The summed E-state index contributed by atoms with van der Waals surface area (Å²) >= 11 is 6.02. The van der Waals surface area contributed by atoms with E-state index in [0.717, 1.165) is 5.56 Å². The zero-order chi connectivity index (χ0) is 17.0. The van der Waals surface area contributed by atoms with Crippen LogP contribution in [0.1, 0.15) is 28.4 Å². The van der Waals surface area contributed by atoms with Gasteiger partial charge in [0, 0.05) is 5.92 Å². The Morgan fingerprint density at radius 1 is 1.17 bits per heavy atom. The highest BCUT2D eigenvalue weighted by atomic mass is 35.5. The predicted molar refractivity (Wildman–Crippen MR) is 91.1 cm³/mol. The van der Waals surface area contributed by atoms with Crippen molar-refractivity contribution in [1.29, 1.82) is 0 Å². The SMILES string of the molecule is Cc1ccc(CC(C)C(=O)Nc2cc(C(=O)O)ccc2Cl)cc1. The number of amides is 1. The highest BCUT2D eigenvalue weighted by Crippen LogP contribution is 2.24. The number of nitrogens with one attached hydrogen (secondary N) is 1. The maximum Gasteiger partial charge on any atom is 0.335 e. The van der Waals surface area contributed by atoms with Crippen LogP contribution in [0.25, 0.3) is 0 Å². The van der Waals surface area contributed by atoms with Crippen LogP contribution in [0.3, 0.4) is 0 Å². The van der Waals surface area contributed by atoms with Gasteiger partial charge in [-0.05, 0) is 37.1 Å². The fraction of sp³-hybridized carbons (Fsp3) is 0.222. The highest BCUT2D eigenvalue weighted by molar-refractivity contribution is 6.33. The lowest BCUT2D eigenvalue weighted by molar-refractivity contribution is -0.119. The van der Waals surface area contributed by atoms with Gasteiger partial charge in [0.25, 0.3) is 0 Å². The van der Waals surface area contributed by atoms with Crippen LogP contribution in [0.15, 0.2) is 42.5 Å². The van der Waals surface area contributed by atoms with E-state index in [0.29, 0.717) is 17.1 Å². The van der Waals surface area contributed by atoms with Crippen LogP contribution in [0.4, 0.5) is 5.69 Å². The number of hydrogen-bond acceptors (Lipinski definition) is 2. The molecule has 2 aromatic rings. The van der Waals surface area contributed by atoms with Gasteiger partial charge in [0.05, 0.1) is 16.3 Å². The zero-order valence-electron chi connectivity index (χ0n) is 13.0. The summed E-state index contributed by atoms with van der Waals surface area (Å²) in [6.07, 6.45) is 0.600. The molecule has 0 aliphatic heterocycles. The van der Waals surface area contributed by atoms with Gasteiger partial charge in [-0.3, -0.25) is 4.79 Å². The van der Waals surface area contributed by atoms with Crippen LogP contribution >= 0.6 is 11.6 Å². The maximum atomic E-state index is 12.3. The molecule has 23 heavy (non-hydrogen) atoms. The number of hydrogen-bond donors (Lipinski definition) is 2. The average Bonchev–Trinajstić information content (AvgIpc) is 2.51. The Balaban J connectivity index is 2.07. The predicted octanol–water partition coefficient (Wildman–Crippen LogP) is 4.16. The molecule has 0 bridgehead atoms. The molecule has 0 aliphatic rings. The van der Waals surface area contributed by atoms with Crippen LogP contribution in [-0.4, -0.2) is 17.0 Å². The standard InChI is InChI=1S/C18H18ClNO3/c1-11-3-5-13(6-4-11)9-12(2)17(21)20-16-10-14(18(22)23)7-8-15(16)19/h3-8,10,12H,9H2,1-2H3,(H,20,21)(H,22,23). The molecule has 0 aliphatic carbocycles. The summed E-state index contributed by atoms with van der Waals surface area (Å²) in [4.78, 5) is 23.3. The molecule has 2 aromatic carbocycles. The van der Waals surface area contributed by atoms with E-state index < -0.39 is 5.97 Å². The molecule has 0 radical (unpaired) electrons. The molecule has 0 heterocycles. The Labute approximate surface area is 140 Å². The second-order valence-corrected chi connectivity index (χ2v) is 5.99. The number of aromatic carboxylic acids is 1. The van der Waals surface area contributed by atoms with Gasteiger partial charge in [0.15, 0.2) is 0 Å². The Hall–Kier alpha value is -2.33. The van der Waals surface area contributed by atoms with E-state index in [1.54, 1.807) is 0 Å². The Kier molecular flexibility index (Phi) is 5.40. The number of rotatable bonds is 5. The summed E-state index contributed by atoms with van der Waals surface area (Å²) in [5.41, 5.74) is 2.63. The third-order valence-electron chi connectivity index (χ3n) is 3.58. The van der Waals surface area contributed by atoms with Crippen molar-refractivity contribution in [3.63, 3.8) is 0 Å². The Morgan fingerprint density at radius 3 is 2.43 bits per heavy atom. The molecule has 0 aromatic heterocycles. The van der Waals surface area contributed by atoms with Gasteiger partial charge in [-0.15, -0.1) is 0 Å². The lowest BCUT2D eigenvalue weighted by Gasteiger charge is -2.14. The molecule has 0 saturated carbocycles. The van der Waals surface area contributed by atoms with Crippen LogP contribution in [0, 0.1) is 12.8 Å². The van der Waals surface area contributed by atoms with Crippen molar-refractivity contribution in [2.45, 2.75) is 20.3 Å². The number of aryl methyl sites for hydroxylation is 1. The van der Waals surface area contributed by atoms with Gasteiger partial charge in [-0.2, -0.15) is 0 Å². The lowest BCUT2D eigenvalue weighted by atomic mass is 9.99. The van der Waals surface area contributed by atoms with Crippen LogP contribution < -0.4 is 5.32 Å². The van der Waals surface area contributed by atoms with Crippen LogP contribution in [0.2, 0.25) is 5.02 Å². The first kappa shape index (κ1) is 17.0. The number of carboxylic acid groups (broad SMARTS) is 1. The van der Waals surface area contributed by atoms with E-state index in [-0.39, 0.29) is 17.4 Å². The molecule has 1 atom stereocenters. The molecular formula is C18H18ClNO3. The normalized spacial score (nSPS) is 11.8. The van der Waals surface area contributed by atoms with E-state index in [9.17, 15) is 9.59 Å². The van der Waals surface area contributed by atoms with E-state index >= 15 is 0 Å². The molecule has 5 heteroatoms. The fourth-order valence-corrected chi connectivity index (χ4v) is 2.35. The lowest BCUT2D eigenvalue weighted by Crippen LogP contribution is -2.22. The Bertz CT molecular complexity index is 726. The van der Waals surface area contributed by atoms with E-state index in [1.807, 2.05) is 38.1 Å². The number of benzene rings is 2. The summed E-state index contributed by atoms with van der Waals surface area (Å²) < 4.78 is 0. The van der Waals surface area contributed by atoms with Gasteiger partial charge < -0.3 is 10.4 Å². The highest BCUT2D eigenvalue weighted by Gasteiger charge is 2.16. The minimum Gasteiger partial charge on any atom is -0.478 e.